The predicted molar refractivity (Wildman–Crippen MR) is 122 cm³/mol. The Hall–Kier alpha value is -3.45. The fourth-order valence-electron chi connectivity index (χ4n) is 3.97. The Labute approximate surface area is 180 Å². The Morgan fingerprint density at radius 3 is 2.10 bits per heavy atom. The fourth-order valence-corrected chi connectivity index (χ4v) is 3.97. The van der Waals surface area contributed by atoms with Crippen LogP contribution in [0.5, 0.6) is 0 Å². The minimum absolute atomic E-state index is 0.0225. The normalized spacial score (nSPS) is 14.7. The molecule has 1 amide bonds. The van der Waals surface area contributed by atoms with Crippen molar-refractivity contribution in [2.45, 2.75) is 13.1 Å². The lowest BCUT2D eigenvalue weighted by Gasteiger charge is -2.32. The van der Waals surface area contributed by atoms with Crippen LogP contribution in [0.25, 0.3) is 11.0 Å². The molecule has 31 heavy (non-hydrogen) atoms. The third-order valence-corrected chi connectivity index (χ3v) is 5.78. The van der Waals surface area contributed by atoms with Crippen LogP contribution in [0.1, 0.15) is 15.9 Å². The topological polar surface area (TPSA) is 67.5 Å². The molecule has 3 aromatic rings. The Morgan fingerprint density at radius 1 is 0.903 bits per heavy atom. The van der Waals surface area contributed by atoms with Crippen molar-refractivity contribution in [2.24, 2.45) is 0 Å². The van der Waals surface area contributed by atoms with Crippen molar-refractivity contribution >= 4 is 16.9 Å². The third kappa shape index (κ3) is 4.09. The van der Waals surface area contributed by atoms with E-state index in [1.54, 1.807) is 18.2 Å². The smallest absolute Gasteiger partial charge is 0.317 e. The molecule has 7 nitrogen and oxygen atoms in total. The molecule has 1 fully saturated rings. The quantitative estimate of drug-likeness (QED) is 0.468. The standard InChI is InChI=1S/C24H26N4O3/c1-3-12-27-20-6-4-5-7-21(20)28(24(31)23(27)30)17-18-8-10-19(11-9-18)22(29)26-15-13-25(2)14-16-26/h3-11H,1,12-17H2,2H3. The Morgan fingerprint density at radius 2 is 1.48 bits per heavy atom. The van der Waals surface area contributed by atoms with E-state index in [1.165, 1.54) is 9.13 Å². The Balaban J connectivity index is 1.63. The zero-order valence-corrected chi connectivity index (χ0v) is 17.7. The van der Waals surface area contributed by atoms with Crippen molar-refractivity contribution in [2.75, 3.05) is 33.2 Å². The maximum Gasteiger partial charge on any atom is 0.317 e. The van der Waals surface area contributed by atoms with E-state index < -0.39 is 11.1 Å². The second-order valence-electron chi connectivity index (χ2n) is 7.88. The molecule has 0 unspecified atom stereocenters. The molecular formula is C24H26N4O3. The van der Waals surface area contributed by atoms with Gasteiger partial charge < -0.3 is 9.80 Å². The van der Waals surface area contributed by atoms with Gasteiger partial charge in [0.1, 0.15) is 0 Å². The number of allylic oxidation sites excluding steroid dienone is 1. The lowest BCUT2D eigenvalue weighted by atomic mass is 10.1. The number of fused-ring (bicyclic) bond motifs is 1. The highest BCUT2D eigenvalue weighted by atomic mass is 16.2. The molecule has 0 N–H and O–H groups in total. The second-order valence-corrected chi connectivity index (χ2v) is 7.88. The van der Waals surface area contributed by atoms with Gasteiger partial charge in [-0.1, -0.05) is 30.3 Å². The number of hydrogen-bond donors (Lipinski definition) is 0. The number of benzene rings is 2. The van der Waals surface area contributed by atoms with Crippen LogP contribution in [-0.2, 0) is 13.1 Å². The zero-order chi connectivity index (χ0) is 22.0. The van der Waals surface area contributed by atoms with E-state index in [9.17, 15) is 14.4 Å². The molecule has 0 spiro atoms. The van der Waals surface area contributed by atoms with Gasteiger partial charge in [-0.15, -0.1) is 6.58 Å². The van der Waals surface area contributed by atoms with Gasteiger partial charge in [-0.3, -0.25) is 23.5 Å². The number of nitrogens with zero attached hydrogens (tertiary/aromatic N) is 4. The summed E-state index contributed by atoms with van der Waals surface area (Å²) in [5.74, 6) is 0.0225. The lowest BCUT2D eigenvalue weighted by molar-refractivity contribution is 0.0664. The maximum absolute atomic E-state index is 12.8. The average molecular weight is 418 g/mol. The SMILES string of the molecule is C=CCn1c(=O)c(=O)n(Cc2ccc(C(=O)N3CCN(C)CC3)cc2)c2ccccc21. The van der Waals surface area contributed by atoms with E-state index in [4.69, 9.17) is 0 Å². The first-order chi connectivity index (χ1) is 15.0. The first-order valence-electron chi connectivity index (χ1n) is 10.4. The van der Waals surface area contributed by atoms with Gasteiger partial charge in [0.15, 0.2) is 0 Å². The molecule has 160 valence electrons. The first-order valence-corrected chi connectivity index (χ1v) is 10.4. The van der Waals surface area contributed by atoms with Crippen LogP contribution >= 0.6 is 0 Å². The highest BCUT2D eigenvalue weighted by molar-refractivity contribution is 5.94. The highest BCUT2D eigenvalue weighted by Gasteiger charge is 2.20. The molecule has 1 aliphatic heterocycles. The molecule has 0 radical (unpaired) electrons. The summed E-state index contributed by atoms with van der Waals surface area (Å²) in [6.07, 6.45) is 1.60. The summed E-state index contributed by atoms with van der Waals surface area (Å²) in [5.41, 5.74) is 1.72. The summed E-state index contributed by atoms with van der Waals surface area (Å²) < 4.78 is 2.94. The van der Waals surface area contributed by atoms with Gasteiger partial charge in [-0.25, -0.2) is 0 Å². The largest absolute Gasteiger partial charge is 0.336 e. The number of likely N-dealkylation sites (N-methyl/N-ethyl adjacent to an activating group) is 1. The van der Waals surface area contributed by atoms with E-state index in [1.807, 2.05) is 41.3 Å². The summed E-state index contributed by atoms with van der Waals surface area (Å²) in [6, 6.07) is 14.6. The van der Waals surface area contributed by atoms with Gasteiger partial charge in [0, 0.05) is 38.3 Å². The van der Waals surface area contributed by atoms with E-state index >= 15 is 0 Å². The molecule has 7 heteroatoms. The van der Waals surface area contributed by atoms with E-state index in [2.05, 4.69) is 18.5 Å². The number of hydrogen-bond acceptors (Lipinski definition) is 4. The van der Waals surface area contributed by atoms with Crippen molar-refractivity contribution in [3.05, 3.63) is 93.0 Å². The molecule has 0 bridgehead atoms. The summed E-state index contributed by atoms with van der Waals surface area (Å²) in [5, 5.41) is 0. The van der Waals surface area contributed by atoms with Gasteiger partial charge in [0.05, 0.1) is 17.6 Å². The summed E-state index contributed by atoms with van der Waals surface area (Å²) in [6.45, 7) is 7.40. The summed E-state index contributed by atoms with van der Waals surface area (Å²) in [7, 11) is 2.05. The highest BCUT2D eigenvalue weighted by Crippen LogP contribution is 2.14. The van der Waals surface area contributed by atoms with Gasteiger partial charge in [-0.2, -0.15) is 0 Å². The third-order valence-electron chi connectivity index (χ3n) is 5.78. The van der Waals surface area contributed by atoms with Crippen molar-refractivity contribution in [1.82, 2.24) is 18.9 Å². The number of piperazine rings is 1. The average Bonchev–Trinajstić information content (AvgIpc) is 2.80. The van der Waals surface area contributed by atoms with E-state index in [0.717, 1.165) is 31.7 Å². The van der Waals surface area contributed by atoms with Crippen LogP contribution in [0.4, 0.5) is 0 Å². The number of carbonyl (C=O) groups excluding carboxylic acids is 1. The Bertz CT molecular complexity index is 1230. The molecular weight excluding hydrogens is 392 g/mol. The fraction of sp³-hybridized carbons (Fsp3) is 0.292. The maximum atomic E-state index is 12.8. The van der Waals surface area contributed by atoms with Crippen molar-refractivity contribution < 1.29 is 4.79 Å². The summed E-state index contributed by atoms with van der Waals surface area (Å²) >= 11 is 0. The van der Waals surface area contributed by atoms with Crippen LogP contribution in [0.2, 0.25) is 0 Å². The van der Waals surface area contributed by atoms with Crippen molar-refractivity contribution in [1.29, 1.82) is 0 Å². The van der Waals surface area contributed by atoms with E-state index in [0.29, 0.717) is 16.6 Å². The number of aromatic nitrogens is 2. The Kier molecular flexibility index (Phi) is 5.86. The van der Waals surface area contributed by atoms with Gasteiger partial charge in [0.25, 0.3) is 5.91 Å². The molecule has 2 heterocycles. The zero-order valence-electron chi connectivity index (χ0n) is 17.7. The lowest BCUT2D eigenvalue weighted by Crippen LogP contribution is -2.47. The number of rotatable bonds is 5. The van der Waals surface area contributed by atoms with Gasteiger partial charge in [0.2, 0.25) is 0 Å². The number of carbonyl (C=O) groups is 1. The van der Waals surface area contributed by atoms with Crippen LogP contribution in [0.15, 0.2) is 70.8 Å². The van der Waals surface area contributed by atoms with Crippen molar-refractivity contribution in [3.8, 4) is 0 Å². The van der Waals surface area contributed by atoms with Gasteiger partial charge >= 0.3 is 11.1 Å². The van der Waals surface area contributed by atoms with Crippen LogP contribution in [-0.4, -0.2) is 58.1 Å². The number of para-hydroxylation sites is 2. The predicted octanol–water partition coefficient (Wildman–Crippen LogP) is 1.79. The molecule has 1 aliphatic rings. The van der Waals surface area contributed by atoms with Crippen LogP contribution < -0.4 is 11.1 Å². The minimum atomic E-state index is -0.571. The van der Waals surface area contributed by atoms with Gasteiger partial charge in [-0.05, 0) is 36.9 Å². The summed E-state index contributed by atoms with van der Waals surface area (Å²) in [4.78, 5) is 42.3. The molecule has 0 aliphatic carbocycles. The van der Waals surface area contributed by atoms with Crippen LogP contribution in [0.3, 0.4) is 0 Å². The van der Waals surface area contributed by atoms with Crippen LogP contribution in [0, 0.1) is 0 Å². The monoisotopic (exact) mass is 418 g/mol. The second kappa shape index (κ2) is 8.73. The molecule has 0 atom stereocenters. The van der Waals surface area contributed by atoms with Crippen molar-refractivity contribution in [3.63, 3.8) is 0 Å². The van der Waals surface area contributed by atoms with E-state index in [-0.39, 0.29) is 19.0 Å². The molecule has 0 saturated carbocycles. The molecule has 2 aromatic carbocycles. The molecule has 1 aromatic heterocycles. The molecule has 1 saturated heterocycles. The first kappa shape index (κ1) is 20.8. The minimum Gasteiger partial charge on any atom is -0.336 e. The number of amides is 1. The molecule has 4 rings (SSSR count).